The van der Waals surface area contributed by atoms with E-state index in [1.54, 1.807) is 6.92 Å². The minimum absolute atomic E-state index is 0.0886. The Bertz CT molecular complexity index is 188. The van der Waals surface area contributed by atoms with Gasteiger partial charge in [-0.2, -0.15) is 5.26 Å². The van der Waals surface area contributed by atoms with Crippen LogP contribution in [0.4, 0.5) is 0 Å². The molecule has 0 aliphatic heterocycles. The summed E-state index contributed by atoms with van der Waals surface area (Å²) in [7, 11) is 0. The van der Waals surface area contributed by atoms with E-state index in [1.165, 1.54) is 0 Å². The van der Waals surface area contributed by atoms with Crippen molar-refractivity contribution in [2.75, 3.05) is 0 Å². The third-order valence-corrected chi connectivity index (χ3v) is 1.47. The summed E-state index contributed by atoms with van der Waals surface area (Å²) in [4.78, 5) is 10.1. The number of hydrogen-bond acceptors (Lipinski definition) is 2. The molecule has 0 aliphatic rings. The van der Waals surface area contributed by atoms with E-state index in [0.717, 1.165) is 24.7 Å². The van der Waals surface area contributed by atoms with Crippen LogP contribution in [0, 0.1) is 17.2 Å². The van der Waals surface area contributed by atoms with Gasteiger partial charge in [0.15, 0.2) is 0 Å². The van der Waals surface area contributed by atoms with Gasteiger partial charge in [0.1, 0.15) is 6.29 Å². The summed E-state index contributed by atoms with van der Waals surface area (Å²) in [5.41, 5.74) is 0.745. The zero-order valence-electron chi connectivity index (χ0n) is 7.00. The quantitative estimate of drug-likeness (QED) is 0.456. The number of nitriles is 1. The highest BCUT2D eigenvalue weighted by atomic mass is 16.1. The summed E-state index contributed by atoms with van der Waals surface area (Å²) in [5.74, 6) is 0.0886. The molecule has 2 nitrogen and oxygen atoms in total. The molecule has 0 spiro atoms. The average Bonchev–Trinajstić information content (AvgIpc) is 2.04. The predicted molar refractivity (Wildman–Crippen MR) is 43.8 cm³/mol. The maximum Gasteiger partial charge on any atom is 0.145 e. The Balaban J connectivity index is 3.58. The molecule has 0 aromatic rings. The van der Waals surface area contributed by atoms with Crippen LogP contribution in [0.25, 0.3) is 0 Å². The second-order valence-corrected chi connectivity index (χ2v) is 2.67. The highest BCUT2D eigenvalue weighted by molar-refractivity contribution is 5.71. The molecule has 60 valence electrons. The van der Waals surface area contributed by atoms with Crippen molar-refractivity contribution in [3.63, 3.8) is 0 Å². The van der Waals surface area contributed by atoms with Gasteiger partial charge in [-0.3, -0.25) is 4.79 Å². The largest absolute Gasteiger partial charge is 0.298 e. The molecule has 0 heterocycles. The predicted octanol–water partition coefficient (Wildman–Crippen LogP) is 2.07. The van der Waals surface area contributed by atoms with Crippen LogP contribution < -0.4 is 0 Å². The molecule has 0 N–H and O–H groups in total. The van der Waals surface area contributed by atoms with Crippen LogP contribution >= 0.6 is 0 Å². The van der Waals surface area contributed by atoms with Gasteiger partial charge in [-0.05, 0) is 32.3 Å². The number of rotatable bonds is 4. The molecular formula is C9H13NO. The lowest BCUT2D eigenvalue weighted by molar-refractivity contribution is -0.104. The Hall–Kier alpha value is -1.10. The van der Waals surface area contributed by atoms with Gasteiger partial charge in [-0.15, -0.1) is 0 Å². The molecule has 0 amide bonds. The minimum Gasteiger partial charge on any atom is -0.298 e. The molecule has 0 aromatic carbocycles. The highest BCUT2D eigenvalue weighted by Crippen LogP contribution is 2.05. The molecule has 2 heteroatoms. The molecule has 11 heavy (non-hydrogen) atoms. The Labute approximate surface area is 67.5 Å². The Morgan fingerprint density at radius 3 is 2.82 bits per heavy atom. The first-order valence-electron chi connectivity index (χ1n) is 3.72. The van der Waals surface area contributed by atoms with Gasteiger partial charge in [0.25, 0.3) is 0 Å². The molecule has 0 fully saturated rings. The molecule has 0 aromatic heterocycles. The van der Waals surface area contributed by atoms with E-state index in [-0.39, 0.29) is 5.92 Å². The molecule has 1 atom stereocenters. The zero-order chi connectivity index (χ0) is 8.69. The van der Waals surface area contributed by atoms with Gasteiger partial charge in [-0.1, -0.05) is 6.08 Å². The second kappa shape index (κ2) is 5.67. The average molecular weight is 151 g/mol. The van der Waals surface area contributed by atoms with Crippen molar-refractivity contribution >= 4 is 6.29 Å². The van der Waals surface area contributed by atoms with Crippen molar-refractivity contribution in [2.45, 2.75) is 26.7 Å². The van der Waals surface area contributed by atoms with E-state index >= 15 is 0 Å². The first kappa shape index (κ1) is 9.90. The van der Waals surface area contributed by atoms with Gasteiger partial charge in [0, 0.05) is 5.92 Å². The van der Waals surface area contributed by atoms with Crippen molar-refractivity contribution in [1.82, 2.24) is 0 Å². The number of aldehydes is 1. The van der Waals surface area contributed by atoms with Crippen molar-refractivity contribution in [3.05, 3.63) is 11.6 Å². The highest BCUT2D eigenvalue weighted by Gasteiger charge is 1.96. The summed E-state index contributed by atoms with van der Waals surface area (Å²) in [6, 6.07) is 2.14. The fraction of sp³-hybridized carbons (Fsp3) is 0.556. The lowest BCUT2D eigenvalue weighted by Crippen LogP contribution is -1.88. The van der Waals surface area contributed by atoms with Crippen molar-refractivity contribution in [1.29, 1.82) is 5.26 Å². The number of carbonyl (C=O) groups excluding carboxylic acids is 1. The fourth-order valence-corrected chi connectivity index (χ4v) is 0.674. The standard InChI is InChI=1S/C9H13NO/c1-8(6-10)4-3-5-9(2)7-11/h5,7-8H,3-4H2,1-2H3/b9-5+. The molecular weight excluding hydrogens is 138 g/mol. The van der Waals surface area contributed by atoms with Crippen LogP contribution in [0.5, 0.6) is 0 Å². The second-order valence-electron chi connectivity index (χ2n) is 2.67. The number of carbonyl (C=O) groups is 1. The lowest BCUT2D eigenvalue weighted by Gasteiger charge is -1.96. The van der Waals surface area contributed by atoms with Crippen LogP contribution in [0.3, 0.4) is 0 Å². The summed E-state index contributed by atoms with van der Waals surface area (Å²) < 4.78 is 0. The van der Waals surface area contributed by atoms with Crippen molar-refractivity contribution in [2.24, 2.45) is 5.92 Å². The van der Waals surface area contributed by atoms with E-state index < -0.39 is 0 Å². The Morgan fingerprint density at radius 2 is 2.36 bits per heavy atom. The number of hydrogen-bond donors (Lipinski definition) is 0. The third kappa shape index (κ3) is 5.35. The maximum absolute atomic E-state index is 10.1. The number of nitrogens with zero attached hydrogens (tertiary/aromatic N) is 1. The normalized spacial score (nSPS) is 13.7. The first-order valence-corrected chi connectivity index (χ1v) is 3.72. The molecule has 0 saturated carbocycles. The van der Waals surface area contributed by atoms with Gasteiger partial charge >= 0.3 is 0 Å². The van der Waals surface area contributed by atoms with Crippen molar-refractivity contribution in [3.8, 4) is 6.07 Å². The van der Waals surface area contributed by atoms with Crippen LogP contribution in [-0.4, -0.2) is 6.29 Å². The van der Waals surface area contributed by atoms with E-state index in [0.29, 0.717) is 0 Å². The summed E-state index contributed by atoms with van der Waals surface area (Å²) >= 11 is 0. The van der Waals surface area contributed by atoms with Gasteiger partial charge in [0.2, 0.25) is 0 Å². The van der Waals surface area contributed by atoms with Crippen LogP contribution in [0.1, 0.15) is 26.7 Å². The van der Waals surface area contributed by atoms with Crippen LogP contribution in [0.2, 0.25) is 0 Å². The summed E-state index contributed by atoms with van der Waals surface area (Å²) in [6.45, 7) is 3.65. The molecule has 0 rings (SSSR count). The van der Waals surface area contributed by atoms with Crippen molar-refractivity contribution < 1.29 is 4.79 Å². The third-order valence-electron chi connectivity index (χ3n) is 1.47. The molecule has 0 bridgehead atoms. The van der Waals surface area contributed by atoms with E-state index in [2.05, 4.69) is 6.07 Å². The van der Waals surface area contributed by atoms with Crippen LogP contribution in [-0.2, 0) is 4.79 Å². The minimum atomic E-state index is 0.0886. The molecule has 0 saturated heterocycles. The topological polar surface area (TPSA) is 40.9 Å². The monoisotopic (exact) mass is 151 g/mol. The maximum atomic E-state index is 10.1. The zero-order valence-corrected chi connectivity index (χ0v) is 7.00. The first-order chi connectivity index (χ1) is 5.20. The molecule has 1 unspecified atom stereocenters. The van der Waals surface area contributed by atoms with Gasteiger partial charge in [-0.25, -0.2) is 0 Å². The molecule has 0 aliphatic carbocycles. The lowest BCUT2D eigenvalue weighted by atomic mass is 10.1. The SMILES string of the molecule is C/C(C=O)=C\CCC(C)C#N. The Kier molecular flexibility index (Phi) is 5.10. The molecule has 0 radical (unpaired) electrons. The smallest absolute Gasteiger partial charge is 0.145 e. The summed E-state index contributed by atoms with van der Waals surface area (Å²) in [6.07, 6.45) is 4.35. The Morgan fingerprint density at radius 1 is 1.73 bits per heavy atom. The van der Waals surface area contributed by atoms with E-state index in [4.69, 9.17) is 5.26 Å². The van der Waals surface area contributed by atoms with Gasteiger partial charge in [0.05, 0.1) is 6.07 Å². The summed E-state index contributed by atoms with van der Waals surface area (Å²) in [5, 5.41) is 8.42. The fourth-order valence-electron chi connectivity index (χ4n) is 0.674. The van der Waals surface area contributed by atoms with Gasteiger partial charge < -0.3 is 0 Å². The van der Waals surface area contributed by atoms with E-state index in [1.807, 2.05) is 13.0 Å². The van der Waals surface area contributed by atoms with E-state index in [9.17, 15) is 4.79 Å². The van der Waals surface area contributed by atoms with Crippen LogP contribution in [0.15, 0.2) is 11.6 Å². The number of allylic oxidation sites excluding steroid dienone is 2.